The summed E-state index contributed by atoms with van der Waals surface area (Å²) >= 11 is 5.30. The molecule has 0 saturated heterocycles. The highest BCUT2D eigenvalue weighted by atomic mass is 32.1. The monoisotopic (exact) mass is 475 g/mol. The molecule has 0 aromatic heterocycles. The van der Waals surface area contributed by atoms with E-state index in [9.17, 15) is 0 Å². The summed E-state index contributed by atoms with van der Waals surface area (Å²) in [5.74, 6) is 0. The van der Waals surface area contributed by atoms with Crippen LogP contribution in [0.2, 0.25) is 0 Å². The molecule has 0 aliphatic carbocycles. The Labute approximate surface area is 210 Å². The predicted molar refractivity (Wildman–Crippen MR) is 149 cm³/mol. The Morgan fingerprint density at radius 1 is 0.829 bits per heavy atom. The number of hydrogen-bond donors (Lipinski definition) is 2. The second-order valence-corrected chi connectivity index (χ2v) is 8.58. The Kier molecular flexibility index (Phi) is 6.92. The highest BCUT2D eigenvalue weighted by Gasteiger charge is 2.29. The number of hydrazone groups is 2. The van der Waals surface area contributed by atoms with Crippen LogP contribution in [0.25, 0.3) is 0 Å². The maximum Gasteiger partial charge on any atom is 0.191 e. The van der Waals surface area contributed by atoms with Crippen LogP contribution >= 0.6 is 12.2 Å². The number of anilines is 2. The molecule has 5 nitrogen and oxygen atoms in total. The van der Waals surface area contributed by atoms with Crippen molar-refractivity contribution < 1.29 is 0 Å². The molecule has 4 aromatic carbocycles. The zero-order valence-corrected chi connectivity index (χ0v) is 19.9. The van der Waals surface area contributed by atoms with Crippen molar-refractivity contribution in [3.05, 3.63) is 132 Å². The van der Waals surface area contributed by atoms with E-state index >= 15 is 0 Å². The van der Waals surface area contributed by atoms with E-state index in [1.54, 1.807) is 6.21 Å². The van der Waals surface area contributed by atoms with E-state index in [0.29, 0.717) is 5.11 Å². The first-order valence-corrected chi connectivity index (χ1v) is 11.9. The zero-order valence-electron chi connectivity index (χ0n) is 19.1. The molecule has 1 atom stereocenters. The van der Waals surface area contributed by atoms with Crippen LogP contribution < -0.4 is 15.8 Å². The summed E-state index contributed by atoms with van der Waals surface area (Å²) in [5.41, 5.74) is 9.27. The summed E-state index contributed by atoms with van der Waals surface area (Å²) < 4.78 is 0. The minimum Gasteiger partial charge on any atom is -0.331 e. The number of benzene rings is 4. The van der Waals surface area contributed by atoms with E-state index < -0.39 is 0 Å². The van der Waals surface area contributed by atoms with Crippen LogP contribution in [0.3, 0.4) is 0 Å². The van der Waals surface area contributed by atoms with Gasteiger partial charge in [0.2, 0.25) is 0 Å². The van der Waals surface area contributed by atoms with E-state index in [1.807, 2.05) is 54.6 Å². The molecule has 1 aliphatic rings. The van der Waals surface area contributed by atoms with Crippen molar-refractivity contribution in [2.24, 2.45) is 10.2 Å². The number of rotatable bonds is 6. The molecular weight excluding hydrogens is 450 g/mol. The number of hydrogen-bond acceptors (Lipinski definition) is 4. The van der Waals surface area contributed by atoms with E-state index in [0.717, 1.165) is 34.6 Å². The Morgan fingerprint density at radius 3 is 2.14 bits per heavy atom. The van der Waals surface area contributed by atoms with Gasteiger partial charge in [-0.1, -0.05) is 91.0 Å². The van der Waals surface area contributed by atoms with Crippen molar-refractivity contribution in [2.75, 3.05) is 10.3 Å². The molecule has 2 N–H and O–H groups in total. The summed E-state index contributed by atoms with van der Waals surface area (Å²) in [6, 6.07) is 39.1. The molecule has 6 heteroatoms. The molecule has 1 heterocycles. The maximum atomic E-state index is 5.30. The van der Waals surface area contributed by atoms with Gasteiger partial charge >= 0.3 is 0 Å². The number of thiocarbonyl (C=S) groups is 1. The Bertz CT molecular complexity index is 1320. The van der Waals surface area contributed by atoms with Crippen molar-refractivity contribution in [2.45, 2.75) is 12.5 Å². The molecule has 0 bridgehead atoms. The van der Waals surface area contributed by atoms with Gasteiger partial charge in [0.05, 0.1) is 23.7 Å². The van der Waals surface area contributed by atoms with Crippen molar-refractivity contribution in [1.29, 1.82) is 0 Å². The molecule has 0 amide bonds. The normalized spacial score (nSPS) is 15.1. The van der Waals surface area contributed by atoms with Gasteiger partial charge in [-0.05, 0) is 53.2 Å². The van der Waals surface area contributed by atoms with Crippen molar-refractivity contribution in [1.82, 2.24) is 5.43 Å². The minimum atomic E-state index is 0.147. The molecule has 0 saturated carbocycles. The maximum absolute atomic E-state index is 5.30. The number of para-hydroxylation sites is 1. The summed E-state index contributed by atoms with van der Waals surface area (Å²) in [4.78, 5) is 0. The third-order valence-electron chi connectivity index (χ3n) is 5.77. The second kappa shape index (κ2) is 10.8. The van der Waals surface area contributed by atoms with Crippen molar-refractivity contribution in [3.8, 4) is 0 Å². The van der Waals surface area contributed by atoms with Gasteiger partial charge in [0, 0.05) is 12.1 Å². The second-order valence-electron chi connectivity index (χ2n) is 8.17. The highest BCUT2D eigenvalue weighted by Crippen LogP contribution is 2.36. The number of nitrogens with one attached hydrogen (secondary N) is 2. The molecule has 1 aliphatic heterocycles. The lowest BCUT2D eigenvalue weighted by molar-refractivity contribution is 0.709. The third kappa shape index (κ3) is 5.62. The first-order valence-electron chi connectivity index (χ1n) is 11.5. The predicted octanol–water partition coefficient (Wildman–Crippen LogP) is 6.36. The fourth-order valence-electron chi connectivity index (χ4n) is 4.05. The van der Waals surface area contributed by atoms with Crippen LogP contribution in [0.1, 0.15) is 29.2 Å². The van der Waals surface area contributed by atoms with Gasteiger partial charge < -0.3 is 5.32 Å². The molecule has 5 rings (SSSR count). The van der Waals surface area contributed by atoms with Crippen molar-refractivity contribution in [3.63, 3.8) is 0 Å². The average Bonchev–Trinajstić information content (AvgIpc) is 3.36. The fraction of sp³-hybridized carbons (Fsp3) is 0.0690. The summed E-state index contributed by atoms with van der Waals surface area (Å²) in [5, 5.41) is 14.9. The molecule has 0 spiro atoms. The Hall–Kier alpha value is -4.29. The lowest BCUT2D eigenvalue weighted by Gasteiger charge is -2.24. The fourth-order valence-corrected chi connectivity index (χ4v) is 4.22. The SMILES string of the molecule is S=C(N/N=C/c1ccc(N2N=C(c3ccccc3)CC2c2ccccc2)cc1)Nc1ccccc1. The van der Waals surface area contributed by atoms with Gasteiger partial charge in [0.1, 0.15) is 0 Å². The Balaban J connectivity index is 1.30. The van der Waals surface area contributed by atoms with E-state index in [2.05, 4.69) is 81.5 Å². The highest BCUT2D eigenvalue weighted by molar-refractivity contribution is 7.80. The summed E-state index contributed by atoms with van der Waals surface area (Å²) in [6.07, 6.45) is 2.60. The number of nitrogens with zero attached hydrogens (tertiary/aromatic N) is 3. The molecule has 0 radical (unpaired) electrons. The van der Waals surface area contributed by atoms with E-state index in [-0.39, 0.29) is 6.04 Å². The van der Waals surface area contributed by atoms with Gasteiger partial charge in [0.25, 0.3) is 0 Å². The topological polar surface area (TPSA) is 52.0 Å². The van der Waals surface area contributed by atoms with Gasteiger partial charge in [-0.2, -0.15) is 10.2 Å². The van der Waals surface area contributed by atoms with E-state index in [1.165, 1.54) is 5.56 Å². The standard InChI is InChI=1S/C29H25N5S/c35-29(31-25-14-8-3-9-15-25)32-30-21-22-16-18-26(19-17-22)34-28(24-12-6-2-7-13-24)20-27(33-34)23-10-4-1-5-11-23/h1-19,21,28H,20H2,(H2,31,32,35)/b30-21+. The minimum absolute atomic E-state index is 0.147. The summed E-state index contributed by atoms with van der Waals surface area (Å²) in [7, 11) is 0. The van der Waals surface area contributed by atoms with Gasteiger partial charge in [0.15, 0.2) is 5.11 Å². The molecule has 0 fully saturated rings. The van der Waals surface area contributed by atoms with Crippen LogP contribution in [-0.4, -0.2) is 17.0 Å². The zero-order chi connectivity index (χ0) is 23.9. The molecular formula is C29H25N5S. The molecule has 1 unspecified atom stereocenters. The van der Waals surface area contributed by atoms with Crippen LogP contribution in [0, 0.1) is 0 Å². The lowest BCUT2D eigenvalue weighted by Crippen LogP contribution is -2.23. The molecule has 172 valence electrons. The van der Waals surface area contributed by atoms with E-state index in [4.69, 9.17) is 17.3 Å². The van der Waals surface area contributed by atoms with Crippen LogP contribution in [0.4, 0.5) is 11.4 Å². The first-order chi connectivity index (χ1) is 17.3. The van der Waals surface area contributed by atoms with Crippen LogP contribution in [0.15, 0.2) is 125 Å². The van der Waals surface area contributed by atoms with Gasteiger partial charge in [-0.25, -0.2) is 0 Å². The van der Waals surface area contributed by atoms with Crippen LogP contribution in [0.5, 0.6) is 0 Å². The van der Waals surface area contributed by atoms with Gasteiger partial charge in [-0.15, -0.1) is 0 Å². The molecule has 4 aromatic rings. The first kappa shape index (κ1) is 22.5. The Morgan fingerprint density at radius 2 is 1.46 bits per heavy atom. The summed E-state index contributed by atoms with van der Waals surface area (Å²) in [6.45, 7) is 0. The smallest absolute Gasteiger partial charge is 0.191 e. The van der Waals surface area contributed by atoms with Crippen LogP contribution in [-0.2, 0) is 0 Å². The molecule has 35 heavy (non-hydrogen) atoms. The lowest BCUT2D eigenvalue weighted by atomic mass is 9.98. The van der Waals surface area contributed by atoms with Gasteiger partial charge in [-0.3, -0.25) is 10.4 Å². The largest absolute Gasteiger partial charge is 0.331 e. The average molecular weight is 476 g/mol. The third-order valence-corrected chi connectivity index (χ3v) is 5.96. The quantitative estimate of drug-likeness (QED) is 0.193. The van der Waals surface area contributed by atoms with Crippen molar-refractivity contribution >= 4 is 40.6 Å².